The maximum absolute atomic E-state index is 8.91. The first kappa shape index (κ1) is 21.9. The van der Waals surface area contributed by atoms with Crippen LogP contribution in [-0.2, 0) is 14.7 Å². The topological polar surface area (TPSA) is 89.5 Å². The molecule has 0 aromatic carbocycles. The van der Waals surface area contributed by atoms with Crippen LogP contribution >= 0.6 is 14.5 Å². The molecular formula is C8H24O5P2S. The van der Waals surface area contributed by atoms with E-state index in [4.69, 9.17) is 18.2 Å². The summed E-state index contributed by atoms with van der Waals surface area (Å²) >= 11 is 0. The molecule has 0 saturated heterocycles. The van der Waals surface area contributed by atoms with Gasteiger partial charge in [0.25, 0.3) is 0 Å². The summed E-state index contributed by atoms with van der Waals surface area (Å²) in [5.41, 5.74) is 0. The Hall–Kier alpha value is 0.690. The zero-order chi connectivity index (χ0) is 14.2. The van der Waals surface area contributed by atoms with E-state index in [-0.39, 0.29) is 14.5 Å². The van der Waals surface area contributed by atoms with Crippen LogP contribution in [0.15, 0.2) is 0 Å². The van der Waals surface area contributed by atoms with Crippen molar-refractivity contribution in [3.8, 4) is 0 Å². The summed E-state index contributed by atoms with van der Waals surface area (Å²) in [7, 11) is -5.75. The summed E-state index contributed by atoms with van der Waals surface area (Å²) in [6.45, 7) is 18.4. The first-order valence-corrected chi connectivity index (χ1v) is 12.9. The fourth-order valence-electron chi connectivity index (χ4n) is 0. The molecular weight excluding hydrogens is 270 g/mol. The quantitative estimate of drug-likeness (QED) is 0.234. The second-order valence-corrected chi connectivity index (χ2v) is 17.5. The van der Waals surface area contributed by atoms with Crippen LogP contribution in [0, 0.1) is 0 Å². The van der Waals surface area contributed by atoms with Crippen molar-refractivity contribution in [3.63, 3.8) is 0 Å². The van der Waals surface area contributed by atoms with Gasteiger partial charge in [-0.3, -0.25) is 0 Å². The van der Waals surface area contributed by atoms with E-state index in [1.807, 2.05) is 0 Å². The van der Waals surface area contributed by atoms with Gasteiger partial charge in [-0.2, -0.15) is 0 Å². The van der Waals surface area contributed by atoms with E-state index in [0.29, 0.717) is 0 Å². The minimum Gasteiger partial charge on any atom is -0.726 e. The summed E-state index contributed by atoms with van der Waals surface area (Å²) in [5, 5.41) is 8.55. The Morgan fingerprint density at radius 3 is 0.875 bits per heavy atom. The molecule has 0 saturated carbocycles. The maximum atomic E-state index is 8.91. The minimum atomic E-state index is -4.97. The number of hydrogen-bond acceptors (Lipinski definition) is 5. The van der Waals surface area contributed by atoms with Crippen LogP contribution in [0.25, 0.3) is 0 Å². The molecule has 0 rings (SSSR count). The van der Waals surface area contributed by atoms with Gasteiger partial charge in [-0.15, -0.1) is 0 Å². The van der Waals surface area contributed by atoms with Gasteiger partial charge in [0.15, 0.2) is 0 Å². The second kappa shape index (κ2) is 8.73. The number of rotatable bonds is 1. The Labute approximate surface area is 101 Å². The van der Waals surface area contributed by atoms with Crippen LogP contribution in [0.5, 0.6) is 0 Å². The van der Waals surface area contributed by atoms with Gasteiger partial charge in [0.1, 0.15) is 0 Å². The predicted octanol–water partition coefficient (Wildman–Crippen LogP) is 0.785. The van der Waals surface area contributed by atoms with Crippen LogP contribution in [0.3, 0.4) is 0 Å². The van der Waals surface area contributed by atoms with Gasteiger partial charge >= 0.3 is 0 Å². The lowest BCUT2D eigenvalue weighted by Gasteiger charge is -2.07. The van der Waals surface area contributed by atoms with Crippen molar-refractivity contribution < 1.29 is 22.6 Å². The van der Waals surface area contributed by atoms with E-state index in [1.165, 1.54) is 0 Å². The number of hydrogen-bond donors (Lipinski definition) is 0. The van der Waals surface area contributed by atoms with Crippen molar-refractivity contribution in [1.82, 2.24) is 0 Å². The largest absolute Gasteiger partial charge is 0.726 e. The Kier molecular flexibility index (Phi) is 12.0. The van der Waals surface area contributed by atoms with Crippen molar-refractivity contribution >= 4 is 24.9 Å². The third-order valence-electron chi connectivity index (χ3n) is 0.0833. The molecule has 0 spiro atoms. The summed E-state index contributed by atoms with van der Waals surface area (Å²) in [6, 6.07) is 0. The molecule has 0 unspecified atom stereocenters. The lowest BCUT2D eigenvalue weighted by molar-refractivity contribution is -0.637. The van der Waals surface area contributed by atoms with Gasteiger partial charge in [0.05, 0.1) is 0 Å². The Balaban J connectivity index is -0.000000160. The molecule has 0 aliphatic heterocycles. The normalized spacial score (nSPS) is 11.9. The Bertz CT molecular complexity index is 227. The van der Waals surface area contributed by atoms with Crippen LogP contribution < -0.4 is 5.26 Å². The van der Waals surface area contributed by atoms with Crippen LogP contribution in [0.1, 0.15) is 0 Å². The van der Waals surface area contributed by atoms with Crippen LogP contribution in [-0.4, -0.2) is 66.3 Å². The first-order valence-electron chi connectivity index (χ1n) is 4.41. The summed E-state index contributed by atoms with van der Waals surface area (Å²) in [6.07, 6.45) is 0. The molecule has 5 nitrogen and oxygen atoms in total. The molecule has 8 heteroatoms. The van der Waals surface area contributed by atoms with Crippen LogP contribution in [0.2, 0.25) is 0 Å². The fraction of sp³-hybridized carbons (Fsp3) is 1.00. The molecule has 0 aromatic heterocycles. The highest BCUT2D eigenvalue weighted by Crippen LogP contribution is 2.40. The lowest BCUT2D eigenvalue weighted by atomic mass is 11.8. The van der Waals surface area contributed by atoms with E-state index in [2.05, 4.69) is 57.7 Å². The Morgan fingerprint density at radius 2 is 0.875 bits per heavy atom. The fourth-order valence-corrected chi connectivity index (χ4v) is 0. The van der Waals surface area contributed by atoms with Gasteiger partial charge in [0, 0.05) is 67.8 Å². The smallest absolute Gasteiger partial charge is 0.208 e. The molecule has 0 heterocycles. The zero-order valence-electron chi connectivity index (χ0n) is 11.3. The Morgan fingerprint density at radius 1 is 0.812 bits per heavy atom. The molecule has 0 bridgehead atoms. The van der Waals surface area contributed by atoms with E-state index >= 15 is 0 Å². The van der Waals surface area contributed by atoms with Gasteiger partial charge in [-0.05, 0) is 0 Å². The van der Waals surface area contributed by atoms with Crippen molar-refractivity contribution in [2.75, 3.05) is 53.3 Å². The maximum Gasteiger partial charge on any atom is 0.208 e. The van der Waals surface area contributed by atoms with E-state index < -0.39 is 10.4 Å². The summed E-state index contributed by atoms with van der Waals surface area (Å²) < 4.78 is 28.8. The van der Waals surface area contributed by atoms with Crippen molar-refractivity contribution in [3.05, 3.63) is 0 Å². The second-order valence-electron chi connectivity index (χ2n) is 5.84. The van der Waals surface area contributed by atoms with E-state index in [0.717, 1.165) is 0 Å². The first-order chi connectivity index (χ1) is 6.56. The van der Waals surface area contributed by atoms with Crippen LogP contribution in [0.4, 0.5) is 0 Å². The molecule has 0 atom stereocenters. The molecule has 0 N–H and O–H groups in total. The molecule has 0 aliphatic carbocycles. The van der Waals surface area contributed by atoms with E-state index in [1.54, 1.807) is 0 Å². The molecule has 0 aromatic rings. The van der Waals surface area contributed by atoms with Crippen molar-refractivity contribution in [1.29, 1.82) is 0 Å². The monoisotopic (exact) mass is 294 g/mol. The molecule has 0 fully saturated rings. The highest BCUT2D eigenvalue weighted by atomic mass is 32.3. The molecule has 0 amide bonds. The van der Waals surface area contributed by atoms with Gasteiger partial charge < -0.3 is 14.1 Å². The third-order valence-corrected chi connectivity index (χ3v) is 0.250. The van der Waals surface area contributed by atoms with Crippen molar-refractivity contribution in [2.45, 2.75) is 0 Å². The lowest BCUT2D eigenvalue weighted by Crippen LogP contribution is -2.13. The van der Waals surface area contributed by atoms with Gasteiger partial charge in [0.2, 0.25) is 10.4 Å². The SMILES string of the molecule is C[P+](C)(C)C.C[P+](C)(C)C.O=S(=O)([O-])O[O-]. The van der Waals surface area contributed by atoms with Crippen molar-refractivity contribution in [2.24, 2.45) is 0 Å². The standard InChI is InChI=1S/2C4H12P.H2O5S/c2*1-5(2,3)4;1-5-6(2,3)4/h2*1-4H3;1H,(H,2,3,4)/q2*+1;/p-2. The zero-order valence-corrected chi connectivity index (χ0v) is 13.9. The molecule has 0 radical (unpaired) electrons. The van der Waals surface area contributed by atoms with Gasteiger partial charge in [-0.1, -0.05) is 0 Å². The summed E-state index contributed by atoms with van der Waals surface area (Å²) in [4.78, 5) is 0. The third kappa shape index (κ3) is 202. The molecule has 102 valence electrons. The summed E-state index contributed by atoms with van der Waals surface area (Å²) in [5.74, 6) is 0. The molecule has 0 aliphatic rings. The molecule has 16 heavy (non-hydrogen) atoms. The van der Waals surface area contributed by atoms with E-state index in [9.17, 15) is 0 Å². The predicted molar refractivity (Wildman–Crippen MR) is 72.0 cm³/mol. The highest BCUT2D eigenvalue weighted by molar-refractivity contribution is 7.80. The highest BCUT2D eigenvalue weighted by Gasteiger charge is 2.03. The van der Waals surface area contributed by atoms with Gasteiger partial charge in [-0.25, -0.2) is 8.42 Å². The average Bonchev–Trinajstić information content (AvgIpc) is 1.77. The minimum absolute atomic E-state index is 0.389. The average molecular weight is 294 g/mol.